The number of carbonyl (C=O) groups excluding carboxylic acids is 2. The summed E-state index contributed by atoms with van der Waals surface area (Å²) in [6.07, 6.45) is 3.47. The second kappa shape index (κ2) is 7.09. The predicted molar refractivity (Wildman–Crippen MR) is 91.2 cm³/mol. The number of aryl methyl sites for hydroxylation is 1. The molecular weight excluding hydrogens is 320 g/mol. The van der Waals surface area contributed by atoms with Crippen molar-refractivity contribution in [1.82, 2.24) is 9.88 Å². The van der Waals surface area contributed by atoms with Gasteiger partial charge in [0.15, 0.2) is 0 Å². The summed E-state index contributed by atoms with van der Waals surface area (Å²) in [5.74, 6) is 0.314. The van der Waals surface area contributed by atoms with Gasteiger partial charge in [-0.05, 0) is 32.3 Å². The number of ether oxygens (including phenoxy) is 1. The molecule has 132 valence electrons. The number of anilines is 1. The number of amides is 1. The predicted octanol–water partition coefficient (Wildman–Crippen LogP) is 1.64. The van der Waals surface area contributed by atoms with Crippen molar-refractivity contribution in [2.24, 2.45) is 0 Å². The molecule has 7 nitrogen and oxygen atoms in total. The van der Waals surface area contributed by atoms with Gasteiger partial charge in [-0.3, -0.25) is 4.79 Å². The first-order chi connectivity index (χ1) is 12.0. The molecule has 25 heavy (non-hydrogen) atoms. The molecule has 0 aromatic carbocycles. The van der Waals surface area contributed by atoms with E-state index in [2.05, 4.69) is 16.0 Å². The molecular formula is C18H22N4O3. The maximum atomic E-state index is 12.0. The zero-order valence-electron chi connectivity index (χ0n) is 14.6. The van der Waals surface area contributed by atoms with Crippen molar-refractivity contribution in [2.45, 2.75) is 38.6 Å². The summed E-state index contributed by atoms with van der Waals surface area (Å²) in [7, 11) is 1.31. The molecule has 1 atom stereocenters. The molecule has 0 unspecified atom stereocenters. The van der Waals surface area contributed by atoms with Gasteiger partial charge in [0.1, 0.15) is 11.9 Å². The fraction of sp³-hybridized carbons (Fsp3) is 0.556. The number of methoxy groups -OCH3 is 1. The molecule has 1 aromatic rings. The third-order valence-electron chi connectivity index (χ3n) is 4.97. The van der Waals surface area contributed by atoms with Gasteiger partial charge in [0.25, 0.3) is 0 Å². The van der Waals surface area contributed by atoms with Gasteiger partial charge in [-0.2, -0.15) is 5.26 Å². The normalized spacial score (nSPS) is 20.5. The highest BCUT2D eigenvalue weighted by molar-refractivity contribution is 5.91. The lowest BCUT2D eigenvalue weighted by molar-refractivity contribution is -0.129. The molecule has 1 amide bonds. The van der Waals surface area contributed by atoms with Gasteiger partial charge in [0.05, 0.1) is 23.9 Å². The minimum Gasteiger partial charge on any atom is -0.465 e. The van der Waals surface area contributed by atoms with Crippen LogP contribution in [-0.4, -0.2) is 54.5 Å². The van der Waals surface area contributed by atoms with E-state index in [1.165, 1.54) is 7.11 Å². The Bertz CT molecular complexity index is 741. The van der Waals surface area contributed by atoms with Crippen molar-refractivity contribution in [3.63, 3.8) is 0 Å². The monoisotopic (exact) mass is 342 g/mol. The van der Waals surface area contributed by atoms with Crippen molar-refractivity contribution in [1.29, 1.82) is 5.26 Å². The highest BCUT2D eigenvalue weighted by Crippen LogP contribution is 2.27. The molecule has 1 aromatic heterocycles. The van der Waals surface area contributed by atoms with Gasteiger partial charge in [0, 0.05) is 32.1 Å². The fourth-order valence-corrected chi connectivity index (χ4v) is 3.69. The highest BCUT2D eigenvalue weighted by atomic mass is 16.5. The minimum atomic E-state index is -0.493. The van der Waals surface area contributed by atoms with E-state index in [-0.39, 0.29) is 11.9 Å². The van der Waals surface area contributed by atoms with Crippen LogP contribution in [0.1, 0.15) is 47.3 Å². The number of nitriles is 1. The maximum absolute atomic E-state index is 12.0. The Labute approximate surface area is 147 Å². The number of pyridine rings is 1. The van der Waals surface area contributed by atoms with Crippen LogP contribution in [0.25, 0.3) is 0 Å². The standard InChI is InChI=1S/C18H22N4O3/c1-12-15(18(24)25-2)9-13(10-19)17(20-12)21-7-3-5-14(11-21)22-8-4-6-16(22)23/h9,14H,3-8,11H2,1-2H3/t14-/m0/s1. The Morgan fingerprint density at radius 2 is 2.20 bits per heavy atom. The molecule has 3 heterocycles. The molecule has 0 radical (unpaired) electrons. The van der Waals surface area contributed by atoms with E-state index in [1.54, 1.807) is 13.0 Å². The van der Waals surface area contributed by atoms with Gasteiger partial charge in [-0.15, -0.1) is 0 Å². The Balaban J connectivity index is 1.88. The van der Waals surface area contributed by atoms with Crippen LogP contribution in [0.15, 0.2) is 6.07 Å². The lowest BCUT2D eigenvalue weighted by Crippen LogP contribution is -2.49. The molecule has 2 fully saturated rings. The van der Waals surface area contributed by atoms with Crippen LogP contribution in [0.2, 0.25) is 0 Å². The van der Waals surface area contributed by atoms with Gasteiger partial charge in [0.2, 0.25) is 5.91 Å². The van der Waals surface area contributed by atoms with Crippen molar-refractivity contribution in [3.05, 3.63) is 22.9 Å². The third-order valence-corrected chi connectivity index (χ3v) is 4.97. The van der Waals surface area contributed by atoms with Crippen LogP contribution in [0.4, 0.5) is 5.82 Å². The van der Waals surface area contributed by atoms with Gasteiger partial charge in [-0.25, -0.2) is 9.78 Å². The summed E-state index contributed by atoms with van der Waals surface area (Å²) in [4.78, 5) is 32.4. The lowest BCUT2D eigenvalue weighted by Gasteiger charge is -2.38. The van der Waals surface area contributed by atoms with Crippen molar-refractivity contribution >= 4 is 17.7 Å². The van der Waals surface area contributed by atoms with E-state index >= 15 is 0 Å². The summed E-state index contributed by atoms with van der Waals surface area (Å²) in [5.41, 5.74) is 1.21. The summed E-state index contributed by atoms with van der Waals surface area (Å²) < 4.78 is 4.75. The second-order valence-electron chi connectivity index (χ2n) is 6.53. The molecule has 0 spiro atoms. The number of hydrogen-bond acceptors (Lipinski definition) is 6. The average Bonchev–Trinajstić information content (AvgIpc) is 3.07. The maximum Gasteiger partial charge on any atom is 0.339 e. The number of esters is 1. The van der Waals surface area contributed by atoms with Gasteiger partial charge >= 0.3 is 5.97 Å². The van der Waals surface area contributed by atoms with E-state index < -0.39 is 5.97 Å². The number of carbonyl (C=O) groups is 2. The van der Waals surface area contributed by atoms with Crippen molar-refractivity contribution in [2.75, 3.05) is 31.6 Å². The second-order valence-corrected chi connectivity index (χ2v) is 6.53. The van der Waals surface area contributed by atoms with E-state index in [0.29, 0.717) is 35.6 Å². The molecule has 3 rings (SSSR count). The van der Waals surface area contributed by atoms with Crippen molar-refractivity contribution in [3.8, 4) is 6.07 Å². The Morgan fingerprint density at radius 1 is 1.40 bits per heavy atom. The van der Waals surface area contributed by atoms with E-state index in [1.807, 2.05) is 4.90 Å². The zero-order chi connectivity index (χ0) is 18.0. The summed E-state index contributed by atoms with van der Waals surface area (Å²) in [6, 6.07) is 3.85. The van der Waals surface area contributed by atoms with Crippen LogP contribution in [0.5, 0.6) is 0 Å². The van der Waals surface area contributed by atoms with Gasteiger partial charge in [-0.1, -0.05) is 0 Å². The molecule has 0 N–H and O–H groups in total. The van der Waals surface area contributed by atoms with Crippen LogP contribution < -0.4 is 4.90 Å². The number of hydrogen-bond donors (Lipinski definition) is 0. The van der Waals surface area contributed by atoms with Gasteiger partial charge < -0.3 is 14.5 Å². The molecule has 2 aliphatic heterocycles. The van der Waals surface area contributed by atoms with Crippen LogP contribution in [0, 0.1) is 18.3 Å². The molecule has 0 bridgehead atoms. The quantitative estimate of drug-likeness (QED) is 0.776. The number of piperidine rings is 1. The third kappa shape index (κ3) is 3.29. The molecule has 0 saturated carbocycles. The molecule has 7 heteroatoms. The largest absolute Gasteiger partial charge is 0.465 e. The first kappa shape index (κ1) is 17.2. The zero-order valence-corrected chi connectivity index (χ0v) is 14.6. The first-order valence-electron chi connectivity index (χ1n) is 8.59. The summed E-state index contributed by atoms with van der Waals surface area (Å²) >= 11 is 0. The number of likely N-dealkylation sites (tertiary alicyclic amines) is 1. The summed E-state index contributed by atoms with van der Waals surface area (Å²) in [6.45, 7) is 4.01. The molecule has 2 saturated heterocycles. The van der Waals surface area contributed by atoms with Crippen LogP contribution in [-0.2, 0) is 9.53 Å². The van der Waals surface area contributed by atoms with E-state index in [9.17, 15) is 14.9 Å². The topological polar surface area (TPSA) is 86.5 Å². The molecule has 0 aliphatic carbocycles. The minimum absolute atomic E-state index is 0.165. The Hall–Kier alpha value is -2.62. The number of rotatable bonds is 3. The summed E-state index contributed by atoms with van der Waals surface area (Å²) in [5, 5.41) is 9.51. The highest BCUT2D eigenvalue weighted by Gasteiger charge is 2.32. The van der Waals surface area contributed by atoms with Crippen molar-refractivity contribution < 1.29 is 14.3 Å². The Morgan fingerprint density at radius 3 is 2.84 bits per heavy atom. The molecule has 2 aliphatic rings. The van der Waals surface area contributed by atoms with E-state index in [4.69, 9.17) is 4.74 Å². The first-order valence-corrected chi connectivity index (χ1v) is 8.59. The number of aromatic nitrogens is 1. The Kier molecular flexibility index (Phi) is 4.88. The van der Waals surface area contributed by atoms with Crippen LogP contribution >= 0.6 is 0 Å². The SMILES string of the molecule is COC(=O)c1cc(C#N)c(N2CCC[C@H](N3CCCC3=O)C2)nc1C. The average molecular weight is 342 g/mol. The van der Waals surface area contributed by atoms with E-state index in [0.717, 1.165) is 32.4 Å². The fourth-order valence-electron chi connectivity index (χ4n) is 3.69. The number of nitrogens with zero attached hydrogens (tertiary/aromatic N) is 4. The lowest BCUT2D eigenvalue weighted by atomic mass is 10.0. The van der Waals surface area contributed by atoms with Crippen LogP contribution in [0.3, 0.4) is 0 Å². The smallest absolute Gasteiger partial charge is 0.339 e.